The first kappa shape index (κ1) is 16.5. The minimum atomic E-state index is -4.13. The quantitative estimate of drug-likeness (QED) is 0.792. The van der Waals surface area contributed by atoms with Gasteiger partial charge in [-0.2, -0.15) is 13.2 Å². The van der Waals surface area contributed by atoms with Crippen LogP contribution in [0, 0.1) is 11.8 Å². The molecule has 2 aliphatic carbocycles. The average molecular weight is 322 g/mol. The minimum Gasteiger partial charge on any atom is -0.393 e. The first-order chi connectivity index (χ1) is 9.79. The van der Waals surface area contributed by atoms with Crippen LogP contribution < -0.4 is 5.73 Å². The van der Waals surface area contributed by atoms with Crippen LogP contribution >= 0.6 is 12.2 Å². The van der Waals surface area contributed by atoms with Gasteiger partial charge in [-0.05, 0) is 38.5 Å². The smallest absolute Gasteiger partial charge is 0.391 e. The molecular formula is C14H21F3N2OS. The summed E-state index contributed by atoms with van der Waals surface area (Å²) in [6.07, 6.45) is -0.909. The molecule has 1 amide bonds. The number of halogens is 3. The zero-order valence-electron chi connectivity index (χ0n) is 11.9. The molecule has 0 atom stereocenters. The number of carbonyl (C=O) groups is 1. The van der Waals surface area contributed by atoms with Crippen LogP contribution in [0.5, 0.6) is 0 Å². The molecule has 0 bridgehead atoms. The van der Waals surface area contributed by atoms with E-state index >= 15 is 0 Å². The summed E-state index contributed by atoms with van der Waals surface area (Å²) < 4.78 is 38.0. The van der Waals surface area contributed by atoms with E-state index in [2.05, 4.69) is 0 Å². The molecule has 2 rings (SSSR count). The third kappa shape index (κ3) is 4.56. The summed E-state index contributed by atoms with van der Waals surface area (Å²) in [6, 6.07) is 0.243. The fourth-order valence-electron chi connectivity index (χ4n) is 2.99. The predicted octanol–water partition coefficient (Wildman–Crippen LogP) is 3.02. The molecular weight excluding hydrogens is 301 g/mol. The van der Waals surface area contributed by atoms with E-state index in [0.29, 0.717) is 30.8 Å². The van der Waals surface area contributed by atoms with Gasteiger partial charge in [-0.3, -0.25) is 4.79 Å². The second-order valence-electron chi connectivity index (χ2n) is 6.07. The number of alkyl halides is 3. The van der Waals surface area contributed by atoms with E-state index in [1.807, 2.05) is 0 Å². The van der Waals surface area contributed by atoms with E-state index in [0.717, 1.165) is 12.8 Å². The molecule has 0 aromatic heterocycles. The van der Waals surface area contributed by atoms with Crippen molar-refractivity contribution < 1.29 is 18.0 Å². The van der Waals surface area contributed by atoms with Crippen molar-refractivity contribution in [3.8, 4) is 0 Å². The summed E-state index contributed by atoms with van der Waals surface area (Å²) in [5.74, 6) is -1.52. The van der Waals surface area contributed by atoms with Crippen molar-refractivity contribution in [2.45, 2.75) is 57.2 Å². The highest BCUT2D eigenvalue weighted by Gasteiger charge is 2.44. The molecule has 0 aromatic carbocycles. The number of nitrogens with two attached hydrogens (primary N) is 1. The standard InChI is InChI=1S/C14H21F3N2OS/c15-14(16,17)10-3-1-9(2-4-10)13(20)19(11-5-6-11)8-7-12(18)21/h9-11H,1-8H2,(H2,18,21). The topological polar surface area (TPSA) is 46.3 Å². The first-order valence-electron chi connectivity index (χ1n) is 7.44. The maximum atomic E-state index is 12.7. The highest BCUT2D eigenvalue weighted by molar-refractivity contribution is 7.80. The molecule has 2 aliphatic rings. The van der Waals surface area contributed by atoms with Gasteiger partial charge >= 0.3 is 6.18 Å². The Morgan fingerprint density at radius 2 is 1.71 bits per heavy atom. The van der Waals surface area contributed by atoms with Crippen LogP contribution in [-0.2, 0) is 4.79 Å². The number of hydrogen-bond donors (Lipinski definition) is 1. The van der Waals surface area contributed by atoms with Crippen molar-refractivity contribution in [3.63, 3.8) is 0 Å². The van der Waals surface area contributed by atoms with Gasteiger partial charge in [0, 0.05) is 24.9 Å². The summed E-state index contributed by atoms with van der Waals surface area (Å²) in [4.78, 5) is 14.7. The highest BCUT2D eigenvalue weighted by Crippen LogP contribution is 2.40. The molecule has 2 fully saturated rings. The Bertz CT molecular complexity index is 402. The molecule has 0 heterocycles. The van der Waals surface area contributed by atoms with Crippen LogP contribution in [0.15, 0.2) is 0 Å². The number of hydrogen-bond acceptors (Lipinski definition) is 2. The summed E-state index contributed by atoms with van der Waals surface area (Å²) in [6.45, 7) is 0.498. The summed E-state index contributed by atoms with van der Waals surface area (Å²) in [5.41, 5.74) is 5.47. The van der Waals surface area contributed by atoms with Crippen LogP contribution in [0.4, 0.5) is 13.2 Å². The second-order valence-corrected chi connectivity index (χ2v) is 6.59. The third-order valence-electron chi connectivity index (χ3n) is 4.41. The van der Waals surface area contributed by atoms with Gasteiger partial charge in [0.25, 0.3) is 0 Å². The van der Waals surface area contributed by atoms with Gasteiger partial charge in [0.1, 0.15) is 0 Å². The summed E-state index contributed by atoms with van der Waals surface area (Å²) in [7, 11) is 0. The maximum absolute atomic E-state index is 12.7. The van der Waals surface area contributed by atoms with Crippen LogP contribution in [0.1, 0.15) is 44.9 Å². The molecule has 7 heteroatoms. The zero-order valence-corrected chi connectivity index (χ0v) is 12.7. The summed E-state index contributed by atoms with van der Waals surface area (Å²) in [5, 5.41) is 0. The molecule has 120 valence electrons. The lowest BCUT2D eigenvalue weighted by molar-refractivity contribution is -0.185. The van der Waals surface area contributed by atoms with E-state index < -0.39 is 12.1 Å². The van der Waals surface area contributed by atoms with Crippen LogP contribution in [0.25, 0.3) is 0 Å². The Labute approximate surface area is 128 Å². The van der Waals surface area contributed by atoms with E-state index in [1.54, 1.807) is 4.90 Å². The van der Waals surface area contributed by atoms with Crippen LogP contribution in [-0.4, -0.2) is 34.6 Å². The van der Waals surface area contributed by atoms with E-state index in [1.165, 1.54) is 0 Å². The van der Waals surface area contributed by atoms with Gasteiger partial charge < -0.3 is 10.6 Å². The Hall–Kier alpha value is -0.850. The predicted molar refractivity (Wildman–Crippen MR) is 77.6 cm³/mol. The lowest BCUT2D eigenvalue weighted by Crippen LogP contribution is -2.41. The first-order valence-corrected chi connectivity index (χ1v) is 7.85. The molecule has 0 radical (unpaired) electrons. The van der Waals surface area contributed by atoms with Crippen molar-refractivity contribution in [1.29, 1.82) is 0 Å². The lowest BCUT2D eigenvalue weighted by atomic mass is 9.81. The molecule has 0 aliphatic heterocycles. The second kappa shape index (κ2) is 6.50. The van der Waals surface area contributed by atoms with Crippen LogP contribution in [0.3, 0.4) is 0 Å². The average Bonchev–Trinajstić information content (AvgIpc) is 3.22. The van der Waals surface area contributed by atoms with Gasteiger partial charge in [0.05, 0.1) is 10.9 Å². The van der Waals surface area contributed by atoms with Gasteiger partial charge in [0.2, 0.25) is 5.91 Å². The number of thiocarbonyl (C=S) groups is 1. The Morgan fingerprint density at radius 3 is 2.14 bits per heavy atom. The van der Waals surface area contributed by atoms with E-state index in [9.17, 15) is 18.0 Å². The van der Waals surface area contributed by atoms with Gasteiger partial charge in [-0.25, -0.2) is 0 Å². The SMILES string of the molecule is NC(=S)CCN(C(=O)C1CCC(C(F)(F)F)CC1)C1CC1. The maximum Gasteiger partial charge on any atom is 0.391 e. The normalized spacial score (nSPS) is 26.4. The zero-order chi connectivity index (χ0) is 15.6. The van der Waals surface area contributed by atoms with Crippen LogP contribution in [0.2, 0.25) is 0 Å². The molecule has 0 unspecified atom stereocenters. The van der Waals surface area contributed by atoms with Crippen molar-refractivity contribution >= 4 is 23.1 Å². The molecule has 21 heavy (non-hydrogen) atoms. The Kier molecular flexibility index (Phi) is 5.11. The van der Waals surface area contributed by atoms with Gasteiger partial charge in [-0.15, -0.1) is 0 Å². The van der Waals surface area contributed by atoms with Crippen molar-refractivity contribution in [1.82, 2.24) is 4.90 Å². The largest absolute Gasteiger partial charge is 0.393 e. The Morgan fingerprint density at radius 1 is 1.14 bits per heavy atom. The van der Waals surface area contributed by atoms with Crippen molar-refractivity contribution in [2.24, 2.45) is 17.6 Å². The number of carbonyl (C=O) groups excluding carboxylic acids is 1. The molecule has 0 saturated heterocycles. The van der Waals surface area contributed by atoms with Gasteiger partial charge in [-0.1, -0.05) is 12.2 Å². The highest BCUT2D eigenvalue weighted by atomic mass is 32.1. The molecule has 0 aromatic rings. The third-order valence-corrected chi connectivity index (χ3v) is 4.61. The molecule has 2 N–H and O–H groups in total. The number of amides is 1. The monoisotopic (exact) mass is 322 g/mol. The molecule has 0 spiro atoms. The fourth-order valence-corrected chi connectivity index (χ4v) is 3.08. The van der Waals surface area contributed by atoms with Gasteiger partial charge in [0.15, 0.2) is 0 Å². The van der Waals surface area contributed by atoms with Crippen molar-refractivity contribution in [3.05, 3.63) is 0 Å². The molecule has 3 nitrogen and oxygen atoms in total. The Balaban J connectivity index is 1.88. The van der Waals surface area contributed by atoms with Crippen molar-refractivity contribution in [2.75, 3.05) is 6.54 Å². The number of nitrogens with zero attached hydrogens (tertiary/aromatic N) is 1. The minimum absolute atomic E-state index is 0.00521. The summed E-state index contributed by atoms with van der Waals surface area (Å²) >= 11 is 4.84. The number of rotatable bonds is 5. The molecule has 2 saturated carbocycles. The van der Waals surface area contributed by atoms with E-state index in [-0.39, 0.29) is 30.7 Å². The fraction of sp³-hybridized carbons (Fsp3) is 0.857. The lowest BCUT2D eigenvalue weighted by Gasteiger charge is -2.33. The van der Waals surface area contributed by atoms with E-state index in [4.69, 9.17) is 18.0 Å².